The molecule has 1 aliphatic carbocycles. The number of carbonyl (C=O) groups excluding carboxylic acids is 1. The Bertz CT molecular complexity index is 233. The van der Waals surface area contributed by atoms with Crippen molar-refractivity contribution in [1.29, 1.82) is 0 Å². The zero-order valence-corrected chi connectivity index (χ0v) is 10.5. The summed E-state index contributed by atoms with van der Waals surface area (Å²) in [5.74, 6) is 0.925. The lowest BCUT2D eigenvalue weighted by Gasteiger charge is -2.29. The van der Waals surface area contributed by atoms with Gasteiger partial charge in [-0.15, -0.1) is 12.4 Å². The minimum Gasteiger partial charge on any atom is -0.355 e. The van der Waals surface area contributed by atoms with Crippen LogP contribution in [-0.4, -0.2) is 43.0 Å². The third-order valence-electron chi connectivity index (χ3n) is 3.19. The Hall–Kier alpha value is -0.320. The monoisotopic (exact) mass is 247 g/mol. The fourth-order valence-electron chi connectivity index (χ4n) is 2.07. The van der Waals surface area contributed by atoms with Crippen molar-refractivity contribution >= 4 is 18.3 Å². The van der Waals surface area contributed by atoms with Gasteiger partial charge < -0.3 is 11.1 Å². The molecule has 0 spiro atoms. The van der Waals surface area contributed by atoms with Gasteiger partial charge in [-0.05, 0) is 38.1 Å². The molecule has 16 heavy (non-hydrogen) atoms. The van der Waals surface area contributed by atoms with E-state index in [1.54, 1.807) is 0 Å². The van der Waals surface area contributed by atoms with E-state index in [0.29, 0.717) is 6.54 Å². The molecule has 0 bridgehead atoms. The number of carbonyl (C=O) groups is 1. The van der Waals surface area contributed by atoms with E-state index in [4.69, 9.17) is 5.73 Å². The van der Waals surface area contributed by atoms with Gasteiger partial charge in [0.2, 0.25) is 5.91 Å². The van der Waals surface area contributed by atoms with Crippen molar-refractivity contribution in [3.05, 3.63) is 0 Å². The van der Waals surface area contributed by atoms with Gasteiger partial charge in [-0.1, -0.05) is 0 Å². The van der Waals surface area contributed by atoms with Crippen LogP contribution in [0.3, 0.4) is 0 Å². The Morgan fingerprint density at radius 3 is 2.75 bits per heavy atom. The van der Waals surface area contributed by atoms with Crippen molar-refractivity contribution in [3.63, 3.8) is 0 Å². The molecule has 1 saturated carbocycles. The Kier molecular flexibility index (Phi) is 5.52. The molecule has 5 heteroatoms. The van der Waals surface area contributed by atoms with Crippen LogP contribution < -0.4 is 11.1 Å². The van der Waals surface area contributed by atoms with E-state index in [2.05, 4.69) is 10.2 Å². The van der Waals surface area contributed by atoms with Gasteiger partial charge in [0.05, 0.1) is 6.54 Å². The van der Waals surface area contributed by atoms with Crippen LogP contribution in [0.1, 0.15) is 25.7 Å². The molecular formula is C11H22ClN3O. The van der Waals surface area contributed by atoms with E-state index in [9.17, 15) is 4.79 Å². The summed E-state index contributed by atoms with van der Waals surface area (Å²) in [5.41, 5.74) is 5.86. The summed E-state index contributed by atoms with van der Waals surface area (Å²) in [6.07, 6.45) is 4.79. The van der Waals surface area contributed by atoms with E-state index in [1.807, 2.05) is 0 Å². The maximum atomic E-state index is 11.6. The molecule has 1 heterocycles. The van der Waals surface area contributed by atoms with Crippen LogP contribution in [0.25, 0.3) is 0 Å². The number of nitrogens with one attached hydrogen (secondary N) is 1. The van der Waals surface area contributed by atoms with Gasteiger partial charge in [-0.25, -0.2) is 0 Å². The Morgan fingerprint density at radius 1 is 1.38 bits per heavy atom. The highest BCUT2D eigenvalue weighted by molar-refractivity contribution is 5.85. The molecule has 0 aromatic carbocycles. The maximum absolute atomic E-state index is 11.6. The van der Waals surface area contributed by atoms with Gasteiger partial charge in [-0.3, -0.25) is 9.69 Å². The quantitative estimate of drug-likeness (QED) is 0.754. The molecule has 1 unspecified atom stereocenters. The number of halogens is 1. The zero-order valence-electron chi connectivity index (χ0n) is 9.65. The summed E-state index contributed by atoms with van der Waals surface area (Å²) in [7, 11) is 0. The number of nitrogens with two attached hydrogens (primary N) is 1. The molecule has 1 aliphatic heterocycles. The lowest BCUT2D eigenvalue weighted by molar-refractivity contribution is -0.122. The molecule has 0 radical (unpaired) electrons. The molecule has 1 amide bonds. The molecule has 1 atom stereocenters. The van der Waals surface area contributed by atoms with Crippen LogP contribution in [0.5, 0.6) is 0 Å². The Labute approximate surface area is 103 Å². The molecule has 4 nitrogen and oxygen atoms in total. The first-order valence-electron chi connectivity index (χ1n) is 5.98. The van der Waals surface area contributed by atoms with Crippen molar-refractivity contribution in [2.45, 2.75) is 31.7 Å². The summed E-state index contributed by atoms with van der Waals surface area (Å²) < 4.78 is 0. The second-order valence-electron chi connectivity index (χ2n) is 4.88. The standard InChI is InChI=1S/C11H21N3O.ClH/c12-10-2-1-5-14(7-10)8-11(15)13-6-9-3-4-9;/h9-10H,1-8,12H2,(H,13,15);1H. The van der Waals surface area contributed by atoms with Gasteiger partial charge in [0, 0.05) is 19.1 Å². The minimum atomic E-state index is 0. The Balaban J connectivity index is 0.00000128. The smallest absolute Gasteiger partial charge is 0.234 e. The molecule has 2 aliphatic rings. The van der Waals surface area contributed by atoms with Crippen molar-refractivity contribution < 1.29 is 4.79 Å². The van der Waals surface area contributed by atoms with E-state index in [1.165, 1.54) is 12.8 Å². The van der Waals surface area contributed by atoms with Crippen LogP contribution in [0, 0.1) is 5.92 Å². The zero-order chi connectivity index (χ0) is 10.7. The SMILES string of the molecule is Cl.NC1CCCN(CC(=O)NCC2CC2)C1. The number of likely N-dealkylation sites (tertiary alicyclic amines) is 1. The molecule has 1 saturated heterocycles. The second kappa shape index (κ2) is 6.42. The van der Waals surface area contributed by atoms with Gasteiger partial charge in [0.1, 0.15) is 0 Å². The summed E-state index contributed by atoms with van der Waals surface area (Å²) in [6, 6.07) is 0.259. The predicted molar refractivity (Wildman–Crippen MR) is 66.6 cm³/mol. The van der Waals surface area contributed by atoms with Crippen molar-refractivity contribution in [3.8, 4) is 0 Å². The molecule has 3 N–H and O–H groups in total. The highest BCUT2D eigenvalue weighted by atomic mass is 35.5. The molecule has 0 aromatic heterocycles. The number of hydrogen-bond acceptors (Lipinski definition) is 3. The average Bonchev–Trinajstić information content (AvgIpc) is 2.98. The van der Waals surface area contributed by atoms with Crippen LogP contribution >= 0.6 is 12.4 Å². The third-order valence-corrected chi connectivity index (χ3v) is 3.19. The maximum Gasteiger partial charge on any atom is 0.234 e. The molecular weight excluding hydrogens is 226 g/mol. The molecule has 0 aromatic rings. The number of hydrogen-bond donors (Lipinski definition) is 2. The first kappa shape index (κ1) is 13.7. The van der Waals surface area contributed by atoms with Gasteiger partial charge in [0.15, 0.2) is 0 Å². The van der Waals surface area contributed by atoms with Crippen LogP contribution in [0.2, 0.25) is 0 Å². The number of nitrogens with zero attached hydrogens (tertiary/aromatic N) is 1. The van der Waals surface area contributed by atoms with Crippen LogP contribution in [-0.2, 0) is 4.79 Å². The number of rotatable bonds is 4. The van der Waals surface area contributed by atoms with Crippen molar-refractivity contribution in [2.75, 3.05) is 26.2 Å². The number of piperidine rings is 1. The van der Waals surface area contributed by atoms with Crippen LogP contribution in [0.4, 0.5) is 0 Å². The van der Waals surface area contributed by atoms with E-state index in [-0.39, 0.29) is 24.4 Å². The van der Waals surface area contributed by atoms with E-state index < -0.39 is 0 Å². The highest BCUT2D eigenvalue weighted by Crippen LogP contribution is 2.27. The lowest BCUT2D eigenvalue weighted by Crippen LogP contribution is -2.47. The fraction of sp³-hybridized carbons (Fsp3) is 0.909. The highest BCUT2D eigenvalue weighted by Gasteiger charge is 2.23. The van der Waals surface area contributed by atoms with Gasteiger partial charge in [-0.2, -0.15) is 0 Å². The van der Waals surface area contributed by atoms with E-state index in [0.717, 1.165) is 38.4 Å². The molecule has 94 valence electrons. The Morgan fingerprint density at radius 2 is 2.12 bits per heavy atom. The summed E-state index contributed by atoms with van der Waals surface area (Å²) in [4.78, 5) is 13.7. The predicted octanol–water partition coefficient (Wildman–Crippen LogP) is 0.357. The largest absolute Gasteiger partial charge is 0.355 e. The fourth-order valence-corrected chi connectivity index (χ4v) is 2.07. The first-order chi connectivity index (χ1) is 7.24. The minimum absolute atomic E-state index is 0. The van der Waals surface area contributed by atoms with Gasteiger partial charge in [0.25, 0.3) is 0 Å². The summed E-state index contributed by atoms with van der Waals surface area (Å²) in [5, 5.41) is 2.99. The second-order valence-corrected chi connectivity index (χ2v) is 4.88. The topological polar surface area (TPSA) is 58.4 Å². The molecule has 2 rings (SSSR count). The normalized spacial score (nSPS) is 25.9. The first-order valence-corrected chi connectivity index (χ1v) is 5.98. The lowest BCUT2D eigenvalue weighted by atomic mass is 10.1. The van der Waals surface area contributed by atoms with Crippen LogP contribution in [0.15, 0.2) is 0 Å². The summed E-state index contributed by atoms with van der Waals surface area (Å²) >= 11 is 0. The molecule has 2 fully saturated rings. The van der Waals surface area contributed by atoms with Crippen molar-refractivity contribution in [2.24, 2.45) is 11.7 Å². The summed E-state index contributed by atoms with van der Waals surface area (Å²) in [6.45, 7) is 3.29. The third kappa shape index (κ3) is 4.68. The van der Waals surface area contributed by atoms with E-state index >= 15 is 0 Å². The number of amides is 1. The average molecular weight is 248 g/mol. The van der Waals surface area contributed by atoms with Gasteiger partial charge >= 0.3 is 0 Å². The van der Waals surface area contributed by atoms with Crippen molar-refractivity contribution in [1.82, 2.24) is 10.2 Å².